The second-order valence-electron chi connectivity index (χ2n) is 7.85. The lowest BCUT2D eigenvalue weighted by Crippen LogP contribution is -2.02. The van der Waals surface area contributed by atoms with E-state index in [2.05, 4.69) is 65.6 Å². The summed E-state index contributed by atoms with van der Waals surface area (Å²) in [6.07, 6.45) is 3.11. The van der Waals surface area contributed by atoms with Gasteiger partial charge in [-0.25, -0.2) is 4.98 Å². The highest BCUT2D eigenvalue weighted by Crippen LogP contribution is 2.35. The minimum atomic E-state index is -0.155. The van der Waals surface area contributed by atoms with Gasteiger partial charge in [-0.05, 0) is 69.0 Å². The van der Waals surface area contributed by atoms with Crippen LogP contribution in [0.5, 0.6) is 5.75 Å². The maximum atomic E-state index is 11.2. The second kappa shape index (κ2) is 10.0. The minimum absolute atomic E-state index is 0.155. The zero-order valence-corrected chi connectivity index (χ0v) is 19.6. The summed E-state index contributed by atoms with van der Waals surface area (Å²) < 4.78 is 12.9. The van der Waals surface area contributed by atoms with Crippen LogP contribution < -0.4 is 4.74 Å². The van der Waals surface area contributed by atoms with Gasteiger partial charge in [-0.2, -0.15) is 0 Å². The third-order valence-corrected chi connectivity index (χ3v) is 6.46. The molecule has 2 heterocycles. The number of benzene rings is 2. The molecule has 166 valence electrons. The second-order valence-corrected chi connectivity index (χ2v) is 9.14. The van der Waals surface area contributed by atoms with Crippen molar-refractivity contribution in [1.29, 1.82) is 0 Å². The van der Waals surface area contributed by atoms with Crippen molar-refractivity contribution >= 4 is 28.3 Å². The summed E-state index contributed by atoms with van der Waals surface area (Å²) in [4.78, 5) is 18.6. The van der Waals surface area contributed by atoms with Crippen molar-refractivity contribution in [2.75, 3.05) is 13.7 Å². The number of imidazole rings is 1. The number of rotatable bonds is 9. The highest BCUT2D eigenvalue weighted by molar-refractivity contribution is 7.15. The Hall–Kier alpha value is -3.12. The van der Waals surface area contributed by atoms with E-state index in [1.807, 2.05) is 12.1 Å². The molecule has 5 nitrogen and oxygen atoms in total. The van der Waals surface area contributed by atoms with Crippen molar-refractivity contribution < 1.29 is 14.3 Å². The fourth-order valence-electron chi connectivity index (χ4n) is 3.76. The topological polar surface area (TPSA) is 53.4 Å². The first kappa shape index (κ1) is 22.1. The number of hydrogen-bond acceptors (Lipinski definition) is 5. The van der Waals surface area contributed by atoms with Crippen LogP contribution in [0.2, 0.25) is 0 Å². The van der Waals surface area contributed by atoms with Gasteiger partial charge in [0.05, 0.1) is 35.3 Å². The molecule has 0 amide bonds. The molecule has 0 N–H and O–H groups in total. The molecular formula is C26H28N2O3S. The molecule has 4 rings (SSSR count). The Morgan fingerprint density at radius 1 is 1.03 bits per heavy atom. The van der Waals surface area contributed by atoms with Crippen molar-refractivity contribution in [2.45, 2.75) is 39.5 Å². The van der Waals surface area contributed by atoms with Crippen molar-refractivity contribution in [1.82, 2.24) is 9.55 Å². The number of para-hydroxylation sites is 1. The zero-order chi connectivity index (χ0) is 22.5. The molecule has 2 aromatic heterocycles. The number of carbonyl (C=O) groups excluding carboxylic acids is 1. The van der Waals surface area contributed by atoms with E-state index in [4.69, 9.17) is 9.72 Å². The van der Waals surface area contributed by atoms with Crippen LogP contribution in [-0.2, 0) is 9.53 Å². The number of nitrogens with zero attached hydrogens (tertiary/aromatic N) is 2. The molecule has 6 heteroatoms. The summed E-state index contributed by atoms with van der Waals surface area (Å²) in [6.45, 7) is 4.85. The zero-order valence-electron chi connectivity index (χ0n) is 18.8. The van der Waals surface area contributed by atoms with Crippen LogP contribution in [0.25, 0.3) is 27.4 Å². The maximum absolute atomic E-state index is 11.2. The predicted octanol–water partition coefficient (Wildman–Crippen LogP) is 6.48. The molecule has 0 saturated carbocycles. The first-order valence-electron chi connectivity index (χ1n) is 10.9. The number of thiophene rings is 1. The molecule has 32 heavy (non-hydrogen) atoms. The van der Waals surface area contributed by atoms with E-state index in [1.165, 1.54) is 17.6 Å². The number of unbranched alkanes of at least 4 members (excludes halogenated alkanes) is 2. The molecule has 0 unspecified atom stereocenters. The number of carbonyl (C=O) groups is 1. The predicted molar refractivity (Wildman–Crippen MR) is 130 cm³/mol. The summed E-state index contributed by atoms with van der Waals surface area (Å²) in [5.74, 6) is 1.62. The Labute approximate surface area is 192 Å². The van der Waals surface area contributed by atoms with Gasteiger partial charge in [-0.15, -0.1) is 11.3 Å². The molecule has 0 aliphatic carbocycles. The van der Waals surface area contributed by atoms with Crippen molar-refractivity contribution in [3.63, 3.8) is 0 Å². The Kier molecular flexibility index (Phi) is 6.90. The van der Waals surface area contributed by atoms with E-state index in [9.17, 15) is 4.79 Å². The van der Waals surface area contributed by atoms with E-state index in [1.54, 1.807) is 11.3 Å². The van der Waals surface area contributed by atoms with Crippen LogP contribution in [0, 0.1) is 13.8 Å². The normalized spacial score (nSPS) is 11.1. The quantitative estimate of drug-likeness (QED) is 0.217. The highest BCUT2D eigenvalue weighted by Gasteiger charge is 2.17. The lowest BCUT2D eigenvalue weighted by molar-refractivity contribution is -0.140. The number of aromatic nitrogens is 2. The monoisotopic (exact) mass is 448 g/mol. The van der Waals surface area contributed by atoms with Gasteiger partial charge in [0, 0.05) is 17.4 Å². The lowest BCUT2D eigenvalue weighted by atomic mass is 10.2. The number of esters is 1. The molecule has 0 atom stereocenters. The van der Waals surface area contributed by atoms with Gasteiger partial charge in [0.2, 0.25) is 0 Å². The third-order valence-electron chi connectivity index (χ3n) is 5.46. The van der Waals surface area contributed by atoms with Gasteiger partial charge in [0.1, 0.15) is 5.75 Å². The number of ether oxygens (including phenoxy) is 2. The van der Waals surface area contributed by atoms with Crippen molar-refractivity contribution in [3.8, 4) is 22.1 Å². The fourth-order valence-corrected chi connectivity index (χ4v) is 4.61. The van der Waals surface area contributed by atoms with Crippen LogP contribution in [0.4, 0.5) is 0 Å². The van der Waals surface area contributed by atoms with E-state index in [0.717, 1.165) is 52.4 Å². The summed E-state index contributed by atoms with van der Waals surface area (Å²) in [5, 5.41) is 0. The Balaban J connectivity index is 1.60. The molecule has 0 saturated heterocycles. The smallest absolute Gasteiger partial charge is 0.305 e. The van der Waals surface area contributed by atoms with Gasteiger partial charge in [0.15, 0.2) is 5.82 Å². The van der Waals surface area contributed by atoms with Gasteiger partial charge >= 0.3 is 5.97 Å². The van der Waals surface area contributed by atoms with Crippen molar-refractivity contribution in [3.05, 3.63) is 65.0 Å². The molecule has 0 aliphatic rings. The average Bonchev–Trinajstić information content (AvgIpc) is 3.39. The molecular weight excluding hydrogens is 420 g/mol. The van der Waals surface area contributed by atoms with Crippen molar-refractivity contribution in [2.24, 2.45) is 0 Å². The molecule has 0 fully saturated rings. The summed E-state index contributed by atoms with van der Waals surface area (Å²) >= 11 is 1.75. The number of hydrogen-bond donors (Lipinski definition) is 0. The van der Waals surface area contributed by atoms with Crippen LogP contribution in [-0.4, -0.2) is 29.2 Å². The van der Waals surface area contributed by atoms with Crippen LogP contribution in [0.3, 0.4) is 0 Å². The molecule has 0 radical (unpaired) electrons. The third kappa shape index (κ3) is 4.86. The summed E-state index contributed by atoms with van der Waals surface area (Å²) in [7, 11) is 1.42. The first-order valence-corrected chi connectivity index (χ1v) is 11.7. The summed E-state index contributed by atoms with van der Waals surface area (Å²) in [5.41, 5.74) is 4.29. The van der Waals surface area contributed by atoms with Gasteiger partial charge < -0.3 is 9.47 Å². The highest BCUT2D eigenvalue weighted by atomic mass is 32.1. The molecule has 0 spiro atoms. The van der Waals surface area contributed by atoms with E-state index >= 15 is 0 Å². The molecule has 0 aliphatic heterocycles. The van der Waals surface area contributed by atoms with Gasteiger partial charge in [-0.1, -0.05) is 18.2 Å². The Morgan fingerprint density at radius 3 is 2.62 bits per heavy atom. The first-order chi connectivity index (χ1) is 15.6. The lowest BCUT2D eigenvalue weighted by Gasteiger charge is -2.12. The fraction of sp³-hybridized carbons (Fsp3) is 0.308. The average molecular weight is 449 g/mol. The van der Waals surface area contributed by atoms with Crippen LogP contribution in [0.15, 0.2) is 54.6 Å². The molecule has 4 aromatic rings. The van der Waals surface area contributed by atoms with Gasteiger partial charge in [-0.3, -0.25) is 9.36 Å². The number of methoxy groups -OCH3 is 1. The standard InChI is InChI=1S/C26H28N2O3S/c1-18-9-6-7-10-22(18)28-23-17-20(31-16-8-4-5-11-25(29)30-3)13-14-21(23)27-26(28)24-15-12-19(2)32-24/h6-7,9-10,12-15,17H,4-5,8,11,16H2,1-3H3. The largest absolute Gasteiger partial charge is 0.494 e. The van der Waals surface area contributed by atoms with Crippen LogP contribution >= 0.6 is 11.3 Å². The van der Waals surface area contributed by atoms with Gasteiger partial charge in [0.25, 0.3) is 0 Å². The van der Waals surface area contributed by atoms with E-state index in [0.29, 0.717) is 13.0 Å². The van der Waals surface area contributed by atoms with E-state index < -0.39 is 0 Å². The Bertz CT molecular complexity index is 1230. The van der Waals surface area contributed by atoms with E-state index in [-0.39, 0.29) is 5.97 Å². The number of aryl methyl sites for hydroxylation is 2. The molecule has 2 aromatic carbocycles. The number of fused-ring (bicyclic) bond motifs is 1. The molecule has 0 bridgehead atoms. The minimum Gasteiger partial charge on any atom is -0.494 e. The van der Waals surface area contributed by atoms with Crippen LogP contribution in [0.1, 0.15) is 36.1 Å². The maximum Gasteiger partial charge on any atom is 0.305 e. The SMILES string of the molecule is COC(=O)CCCCCOc1ccc2nc(-c3ccc(C)s3)n(-c3ccccc3C)c2c1. The summed E-state index contributed by atoms with van der Waals surface area (Å²) in [6, 6.07) is 18.7. The Morgan fingerprint density at radius 2 is 1.88 bits per heavy atom.